The van der Waals surface area contributed by atoms with Crippen molar-refractivity contribution in [1.82, 2.24) is 0 Å². The van der Waals surface area contributed by atoms with Crippen molar-refractivity contribution in [2.24, 2.45) is 5.92 Å². The van der Waals surface area contributed by atoms with Gasteiger partial charge in [0.25, 0.3) is 0 Å². The van der Waals surface area contributed by atoms with Gasteiger partial charge in [0.15, 0.2) is 0 Å². The smallest absolute Gasteiger partial charge is 0.335 e. The molecule has 4 aromatic rings. The van der Waals surface area contributed by atoms with E-state index in [0.717, 1.165) is 33.9 Å². The number of carbonyl (C=O) groups excluding carboxylic acids is 2. The number of rotatable bonds is 4. The van der Waals surface area contributed by atoms with Gasteiger partial charge in [-0.2, -0.15) is 0 Å². The number of hydrogen-bond acceptors (Lipinski definition) is 5. The number of ether oxygens (including phenoxy) is 2. The number of carbonyl (C=O) groups is 2. The van der Waals surface area contributed by atoms with Crippen LogP contribution >= 0.6 is 0 Å². The first-order valence-corrected chi connectivity index (χ1v) is 11.9. The topological polar surface area (TPSA) is 72.8 Å². The fourth-order valence-electron chi connectivity index (χ4n) is 5.83. The fourth-order valence-corrected chi connectivity index (χ4v) is 5.83. The van der Waals surface area contributed by atoms with Gasteiger partial charge < -0.3 is 14.6 Å². The Balaban J connectivity index is 1.41. The predicted octanol–water partition coefficient (Wildman–Crippen LogP) is 5.55. The molecule has 0 heterocycles. The molecule has 5 heteroatoms. The van der Waals surface area contributed by atoms with Crippen LogP contribution in [0.5, 0.6) is 11.5 Å². The predicted molar refractivity (Wildman–Crippen MR) is 136 cm³/mol. The minimum atomic E-state index is -1.49. The molecule has 3 unspecified atom stereocenters. The van der Waals surface area contributed by atoms with Crippen LogP contribution in [0.1, 0.15) is 40.2 Å². The third-order valence-electron chi connectivity index (χ3n) is 7.43. The number of aryl methyl sites for hydroxylation is 1. The summed E-state index contributed by atoms with van der Waals surface area (Å²) in [5, 5.41) is 13.5. The van der Waals surface area contributed by atoms with Crippen molar-refractivity contribution in [3.63, 3.8) is 0 Å². The van der Waals surface area contributed by atoms with Gasteiger partial charge in [-0.05, 0) is 47.7 Å². The van der Waals surface area contributed by atoms with Crippen LogP contribution in [0.4, 0.5) is 0 Å². The van der Waals surface area contributed by atoms with Gasteiger partial charge in [0.05, 0.1) is 5.92 Å². The molecule has 0 spiro atoms. The highest BCUT2D eigenvalue weighted by Crippen LogP contribution is 2.58. The molecule has 0 saturated heterocycles. The summed E-state index contributed by atoms with van der Waals surface area (Å²) in [6.07, 6.45) is 1.55. The number of esters is 2. The highest BCUT2D eigenvalue weighted by molar-refractivity contribution is 5.97. The Morgan fingerprint density at radius 2 is 1.53 bits per heavy atom. The van der Waals surface area contributed by atoms with Crippen molar-refractivity contribution < 1.29 is 24.2 Å². The van der Waals surface area contributed by atoms with E-state index in [0.29, 0.717) is 28.7 Å². The number of fused-ring (bicyclic) bond motifs is 2. The summed E-state index contributed by atoms with van der Waals surface area (Å²) < 4.78 is 11.3. The normalized spacial score (nSPS) is 21.4. The molecular formula is C31H24O5. The van der Waals surface area contributed by atoms with E-state index in [-0.39, 0.29) is 5.92 Å². The molecule has 3 atom stereocenters. The number of aliphatic hydroxyl groups is 1. The van der Waals surface area contributed by atoms with Crippen molar-refractivity contribution in [2.75, 3.05) is 0 Å². The summed E-state index contributed by atoms with van der Waals surface area (Å²) in [6, 6.07) is 24.3. The quantitative estimate of drug-likeness (QED) is 0.238. The number of hydrogen-bond donors (Lipinski definition) is 1. The van der Waals surface area contributed by atoms with Crippen molar-refractivity contribution in [1.29, 1.82) is 0 Å². The maximum Gasteiger partial charge on any atom is 0.335 e. The monoisotopic (exact) mass is 476 g/mol. The summed E-state index contributed by atoms with van der Waals surface area (Å²) in [5.74, 6) is -1.15. The first-order valence-electron chi connectivity index (χ1n) is 11.9. The van der Waals surface area contributed by atoms with Gasteiger partial charge in [-0.1, -0.05) is 78.9 Å². The maximum absolute atomic E-state index is 13.7. The molecule has 178 valence electrons. The molecule has 5 nitrogen and oxygen atoms in total. The van der Waals surface area contributed by atoms with Crippen molar-refractivity contribution in [3.05, 3.63) is 119 Å². The molecular weight excluding hydrogens is 452 g/mol. The fraction of sp³-hybridized carbons (Fsp3) is 0.161. The molecule has 0 amide bonds. The Morgan fingerprint density at radius 1 is 0.889 bits per heavy atom. The molecule has 36 heavy (non-hydrogen) atoms. The maximum atomic E-state index is 13.7. The largest absolute Gasteiger partial charge is 0.426 e. The summed E-state index contributed by atoms with van der Waals surface area (Å²) in [5.41, 5.74) is 3.28. The van der Waals surface area contributed by atoms with Gasteiger partial charge >= 0.3 is 11.9 Å². The third-order valence-corrected chi connectivity index (χ3v) is 7.43. The third kappa shape index (κ3) is 3.20. The van der Waals surface area contributed by atoms with Crippen molar-refractivity contribution in [3.8, 4) is 11.5 Å². The number of benzene rings is 4. The van der Waals surface area contributed by atoms with Gasteiger partial charge in [-0.25, -0.2) is 4.79 Å². The van der Waals surface area contributed by atoms with Gasteiger partial charge in [-0.15, -0.1) is 0 Å². The van der Waals surface area contributed by atoms with Crippen molar-refractivity contribution >= 4 is 22.7 Å². The molecule has 1 N–H and O–H groups in total. The van der Waals surface area contributed by atoms with E-state index in [4.69, 9.17) is 9.47 Å². The average Bonchev–Trinajstić information content (AvgIpc) is 2.90. The van der Waals surface area contributed by atoms with E-state index >= 15 is 0 Å². The summed E-state index contributed by atoms with van der Waals surface area (Å²) in [7, 11) is 0. The van der Waals surface area contributed by atoms with E-state index in [2.05, 4.69) is 12.6 Å². The zero-order chi connectivity index (χ0) is 25.0. The highest BCUT2D eigenvalue weighted by Gasteiger charge is 2.56. The molecule has 7 rings (SSSR count). The van der Waals surface area contributed by atoms with Gasteiger partial charge in [0, 0.05) is 22.8 Å². The molecule has 3 aliphatic carbocycles. The molecule has 0 radical (unpaired) electrons. The van der Waals surface area contributed by atoms with Crippen molar-refractivity contribution in [2.45, 2.75) is 24.9 Å². The lowest BCUT2D eigenvalue weighted by atomic mass is 9.56. The highest BCUT2D eigenvalue weighted by atomic mass is 16.5. The minimum absolute atomic E-state index is 0.000103. The van der Waals surface area contributed by atoms with Gasteiger partial charge in [0.2, 0.25) is 0 Å². The van der Waals surface area contributed by atoms with Crippen LogP contribution in [0.3, 0.4) is 0 Å². The summed E-state index contributed by atoms with van der Waals surface area (Å²) >= 11 is 0. The Labute approximate surface area is 208 Å². The Bertz CT molecular complexity index is 1570. The lowest BCUT2D eigenvalue weighted by Crippen LogP contribution is -2.51. The molecule has 0 aromatic heterocycles. The molecule has 0 saturated carbocycles. The molecule has 0 fully saturated rings. The van der Waals surface area contributed by atoms with E-state index in [1.165, 1.54) is 0 Å². The molecule has 2 bridgehead atoms. The summed E-state index contributed by atoms with van der Waals surface area (Å²) in [4.78, 5) is 25.5. The Hall–Kier alpha value is -4.22. The van der Waals surface area contributed by atoms with Crippen LogP contribution in [0, 0.1) is 12.8 Å². The second-order valence-electron chi connectivity index (χ2n) is 9.44. The first kappa shape index (κ1) is 22.3. The van der Waals surface area contributed by atoms with Gasteiger partial charge in [-0.3, -0.25) is 4.79 Å². The van der Waals surface area contributed by atoms with Crippen LogP contribution in [0.2, 0.25) is 0 Å². The zero-order valence-corrected chi connectivity index (χ0v) is 19.7. The average molecular weight is 477 g/mol. The lowest BCUT2D eigenvalue weighted by molar-refractivity contribution is -0.149. The lowest BCUT2D eigenvalue weighted by Gasteiger charge is -2.50. The molecule has 0 aliphatic heterocycles. The standard InChI is InChI=1S/C31H24O5/c1-3-29(32)35-27-14-15-28(21-10-5-4-9-20(21)27)36-30(33)26-17-22-19-8-6-7-11-24(19)31(26,34)25-13-12-18(2)16-23(22)25/h3-16,22,26,34H,1,17H2,2H3. The molecule has 3 aliphatic rings. The summed E-state index contributed by atoms with van der Waals surface area (Å²) in [6.45, 7) is 5.47. The second kappa shape index (κ2) is 8.18. The first-order chi connectivity index (χ1) is 17.4. The van der Waals surface area contributed by atoms with Crippen LogP contribution in [0.25, 0.3) is 10.8 Å². The second-order valence-corrected chi connectivity index (χ2v) is 9.44. The van der Waals surface area contributed by atoms with E-state index in [9.17, 15) is 14.7 Å². The zero-order valence-electron chi connectivity index (χ0n) is 19.7. The van der Waals surface area contributed by atoms with E-state index in [1.54, 1.807) is 24.3 Å². The van der Waals surface area contributed by atoms with E-state index in [1.807, 2.05) is 55.5 Å². The van der Waals surface area contributed by atoms with Crippen LogP contribution < -0.4 is 9.47 Å². The van der Waals surface area contributed by atoms with Gasteiger partial charge in [0.1, 0.15) is 17.1 Å². The SMILES string of the molecule is C=CC(=O)Oc1ccc(OC(=O)C2CC3c4ccccc4C2(O)c2ccc(C)cc23)c2ccccc12. The van der Waals surface area contributed by atoms with E-state index < -0.39 is 23.5 Å². The van der Waals surface area contributed by atoms with Crippen LogP contribution in [-0.2, 0) is 15.2 Å². The molecule has 4 aromatic carbocycles. The Kier molecular flexibility index (Phi) is 5.06. The van der Waals surface area contributed by atoms with Crippen LogP contribution in [-0.4, -0.2) is 17.0 Å². The Morgan fingerprint density at radius 3 is 2.25 bits per heavy atom. The minimum Gasteiger partial charge on any atom is -0.426 e. The van der Waals surface area contributed by atoms with Crippen LogP contribution in [0.15, 0.2) is 91.5 Å².